The summed E-state index contributed by atoms with van der Waals surface area (Å²) in [5, 5.41) is 10.9. The normalized spacial score (nSPS) is 14.4. The molecular formula is C13H10N2O2. The molecule has 0 aromatic heterocycles. The molecule has 0 saturated carbocycles. The van der Waals surface area contributed by atoms with Crippen molar-refractivity contribution in [1.29, 1.82) is 0 Å². The molecule has 3 rings (SSSR count). The maximum absolute atomic E-state index is 12.1. The molecule has 4 nitrogen and oxygen atoms in total. The van der Waals surface area contributed by atoms with Crippen molar-refractivity contribution >= 4 is 11.5 Å². The van der Waals surface area contributed by atoms with Crippen LogP contribution in [0.15, 0.2) is 42.5 Å². The van der Waals surface area contributed by atoms with Gasteiger partial charge in [-0.3, -0.25) is 9.97 Å². The molecule has 17 heavy (non-hydrogen) atoms. The number of hydrogen-bond acceptors (Lipinski definition) is 3. The molecule has 0 aliphatic heterocycles. The van der Waals surface area contributed by atoms with Crippen molar-refractivity contribution in [2.45, 2.75) is 0 Å². The van der Waals surface area contributed by atoms with Crippen LogP contribution < -0.4 is 11.0 Å². The Balaban J connectivity index is 2.38. The van der Waals surface area contributed by atoms with E-state index in [4.69, 9.17) is 5.84 Å². The lowest BCUT2D eigenvalue weighted by Gasteiger charge is -2.17. The lowest BCUT2D eigenvalue weighted by Crippen LogP contribution is -3.08. The minimum Gasteiger partial charge on any atom is -0.608 e. The maximum atomic E-state index is 12.1. The Labute approximate surface area is 97.8 Å². The lowest BCUT2D eigenvalue weighted by molar-refractivity contribution is -0.789. The zero-order chi connectivity index (χ0) is 12.0. The largest absolute Gasteiger partial charge is 0.608 e. The topological polar surface area (TPSA) is 70.6 Å². The van der Waals surface area contributed by atoms with Crippen molar-refractivity contribution in [3.63, 3.8) is 0 Å². The van der Waals surface area contributed by atoms with Crippen LogP contribution in [0, 0.1) is 5.21 Å². The van der Waals surface area contributed by atoms with Crippen molar-refractivity contribution in [2.75, 3.05) is 0 Å². The molecule has 0 radical (unpaired) electrons. The van der Waals surface area contributed by atoms with Gasteiger partial charge in [0.15, 0.2) is 11.5 Å². The van der Waals surface area contributed by atoms with Crippen LogP contribution in [-0.4, -0.2) is 5.78 Å². The summed E-state index contributed by atoms with van der Waals surface area (Å²) in [5.74, 6) is 5.30. The summed E-state index contributed by atoms with van der Waals surface area (Å²) in [7, 11) is 0. The predicted molar refractivity (Wildman–Crippen MR) is 63.5 cm³/mol. The van der Waals surface area contributed by atoms with E-state index in [0.717, 1.165) is 5.56 Å². The van der Waals surface area contributed by atoms with Gasteiger partial charge < -0.3 is 5.21 Å². The lowest BCUT2D eigenvalue weighted by atomic mass is 10.0. The summed E-state index contributed by atoms with van der Waals surface area (Å²) in [6.45, 7) is 0. The fourth-order valence-electron chi connectivity index (χ4n) is 2.28. The van der Waals surface area contributed by atoms with Crippen LogP contribution in [0.1, 0.15) is 15.9 Å². The Kier molecular flexibility index (Phi) is 2.09. The third kappa shape index (κ3) is 1.32. The summed E-state index contributed by atoms with van der Waals surface area (Å²) in [6.07, 6.45) is 0. The Morgan fingerprint density at radius 1 is 0.941 bits per heavy atom. The van der Waals surface area contributed by atoms with Gasteiger partial charge in [0.25, 0.3) is 0 Å². The molecule has 4 heteroatoms. The SMILES string of the molecule is N[NH+]([O-])c1cccc2c1-c1ccccc1C2=O. The van der Waals surface area contributed by atoms with Crippen LogP contribution in [0.5, 0.6) is 0 Å². The Hall–Kier alpha value is -2.01. The smallest absolute Gasteiger partial charge is 0.194 e. The average molecular weight is 226 g/mol. The quantitative estimate of drug-likeness (QED) is 0.476. The number of nitrogens with two attached hydrogens (primary N) is 1. The second-order valence-electron chi connectivity index (χ2n) is 3.97. The summed E-state index contributed by atoms with van der Waals surface area (Å²) in [6, 6.07) is 12.3. The molecule has 3 N–H and O–H groups in total. The van der Waals surface area contributed by atoms with Crippen molar-refractivity contribution in [3.8, 4) is 11.1 Å². The van der Waals surface area contributed by atoms with Crippen LogP contribution >= 0.6 is 0 Å². The Morgan fingerprint density at radius 3 is 2.29 bits per heavy atom. The van der Waals surface area contributed by atoms with Crippen LogP contribution in [0.25, 0.3) is 11.1 Å². The zero-order valence-corrected chi connectivity index (χ0v) is 8.94. The molecule has 1 unspecified atom stereocenters. The average Bonchev–Trinajstić information content (AvgIpc) is 2.64. The van der Waals surface area contributed by atoms with E-state index in [1.54, 1.807) is 24.3 Å². The molecule has 0 amide bonds. The Bertz CT molecular complexity index is 621. The van der Waals surface area contributed by atoms with Crippen molar-refractivity contribution < 1.29 is 9.97 Å². The van der Waals surface area contributed by atoms with Crippen LogP contribution in [0.2, 0.25) is 0 Å². The molecule has 0 saturated heterocycles. The zero-order valence-electron chi connectivity index (χ0n) is 8.94. The second-order valence-corrected chi connectivity index (χ2v) is 3.97. The van der Waals surface area contributed by atoms with Gasteiger partial charge in [-0.2, -0.15) is 5.84 Å². The first-order chi connectivity index (χ1) is 8.20. The van der Waals surface area contributed by atoms with Gasteiger partial charge in [-0.25, -0.2) is 0 Å². The van der Waals surface area contributed by atoms with Crippen LogP contribution in [-0.2, 0) is 0 Å². The number of ketones is 1. The van der Waals surface area contributed by atoms with Crippen molar-refractivity contribution in [2.24, 2.45) is 5.84 Å². The van der Waals surface area contributed by atoms with E-state index in [0.29, 0.717) is 22.4 Å². The number of hydrogen-bond donors (Lipinski definition) is 2. The summed E-state index contributed by atoms with van der Waals surface area (Å²) in [4.78, 5) is 12.1. The van der Waals surface area contributed by atoms with Crippen LogP contribution in [0.4, 0.5) is 5.69 Å². The van der Waals surface area contributed by atoms with Gasteiger partial charge >= 0.3 is 0 Å². The number of nitrogen functional groups attached to an aromatic ring is 1. The van der Waals surface area contributed by atoms with Gasteiger partial charge in [-0.05, 0) is 11.6 Å². The molecule has 2 aromatic rings. The first kappa shape index (κ1) is 10.2. The molecule has 1 aliphatic carbocycles. The third-order valence-corrected chi connectivity index (χ3v) is 3.02. The first-order valence-electron chi connectivity index (χ1n) is 5.27. The number of fused-ring (bicyclic) bond motifs is 3. The molecular weight excluding hydrogens is 216 g/mol. The fraction of sp³-hybridized carbons (Fsp3) is 0. The van der Waals surface area contributed by atoms with Gasteiger partial charge in [0.1, 0.15) is 0 Å². The predicted octanol–water partition coefficient (Wildman–Crippen LogP) is 0.786. The van der Waals surface area contributed by atoms with Gasteiger partial charge in [-0.15, -0.1) is 0 Å². The van der Waals surface area contributed by atoms with E-state index in [9.17, 15) is 10.0 Å². The fourth-order valence-corrected chi connectivity index (χ4v) is 2.28. The molecule has 1 atom stereocenters. The minimum atomic E-state index is -0.508. The standard InChI is InChI=1S/C13H10N2O2/c14-15(17)11-7-3-6-10-12(11)8-4-1-2-5-9(8)13(10)16/h1-7,15H,14H2. The van der Waals surface area contributed by atoms with Crippen molar-refractivity contribution in [1.82, 2.24) is 0 Å². The number of benzene rings is 2. The second kappa shape index (κ2) is 3.49. The molecule has 0 bridgehead atoms. The summed E-state index contributed by atoms with van der Waals surface area (Å²) >= 11 is 0. The highest BCUT2D eigenvalue weighted by atomic mass is 16.5. The van der Waals surface area contributed by atoms with Gasteiger partial charge in [0, 0.05) is 17.2 Å². The number of quaternary nitrogens is 1. The van der Waals surface area contributed by atoms with Crippen molar-refractivity contribution in [3.05, 3.63) is 58.8 Å². The number of carbonyl (C=O) groups excluding carboxylic acids is 1. The highest BCUT2D eigenvalue weighted by molar-refractivity contribution is 6.23. The molecule has 1 aliphatic rings. The van der Waals surface area contributed by atoms with E-state index >= 15 is 0 Å². The minimum absolute atomic E-state index is 0.0429. The van der Waals surface area contributed by atoms with Crippen LogP contribution in [0.3, 0.4) is 0 Å². The van der Waals surface area contributed by atoms with E-state index in [1.807, 2.05) is 18.2 Å². The van der Waals surface area contributed by atoms with Gasteiger partial charge in [-0.1, -0.05) is 30.3 Å². The highest BCUT2D eigenvalue weighted by Gasteiger charge is 2.30. The van der Waals surface area contributed by atoms with E-state index < -0.39 is 5.17 Å². The molecule has 0 heterocycles. The number of carbonyl (C=O) groups is 1. The molecule has 84 valence electrons. The Morgan fingerprint density at radius 2 is 1.59 bits per heavy atom. The molecule has 0 spiro atoms. The number of rotatable bonds is 1. The van der Waals surface area contributed by atoms with E-state index in [1.165, 1.54) is 0 Å². The van der Waals surface area contributed by atoms with E-state index in [-0.39, 0.29) is 5.78 Å². The summed E-state index contributed by atoms with van der Waals surface area (Å²) in [5.41, 5.74) is 3.06. The van der Waals surface area contributed by atoms with Gasteiger partial charge in [0.05, 0.1) is 5.56 Å². The third-order valence-electron chi connectivity index (χ3n) is 3.02. The molecule has 0 fully saturated rings. The van der Waals surface area contributed by atoms with E-state index in [2.05, 4.69) is 0 Å². The maximum Gasteiger partial charge on any atom is 0.194 e. The van der Waals surface area contributed by atoms with Gasteiger partial charge in [0.2, 0.25) is 0 Å². The number of nitrogens with one attached hydrogen (secondary N) is 1. The first-order valence-corrected chi connectivity index (χ1v) is 5.27. The summed E-state index contributed by atoms with van der Waals surface area (Å²) < 4.78 is 0. The monoisotopic (exact) mass is 226 g/mol. The highest BCUT2D eigenvalue weighted by Crippen LogP contribution is 2.39. The molecule has 2 aromatic carbocycles.